The van der Waals surface area contributed by atoms with E-state index < -0.39 is 6.09 Å². The summed E-state index contributed by atoms with van der Waals surface area (Å²) in [4.78, 5) is 22.4. The summed E-state index contributed by atoms with van der Waals surface area (Å²) in [6.07, 6.45) is 2.02. The molecule has 0 aliphatic carbocycles. The van der Waals surface area contributed by atoms with Gasteiger partial charge in [-0.1, -0.05) is 24.8 Å². The lowest BCUT2D eigenvalue weighted by molar-refractivity contribution is -0.121. The molecule has 1 heterocycles. The second-order valence-corrected chi connectivity index (χ2v) is 4.18. The van der Waals surface area contributed by atoms with E-state index in [0.29, 0.717) is 18.5 Å². The Balaban J connectivity index is 1.98. The number of nitrogens with one attached hydrogen (secondary N) is 2. The third-order valence-corrected chi connectivity index (χ3v) is 2.70. The number of hydrogen-bond donors (Lipinski definition) is 2. The summed E-state index contributed by atoms with van der Waals surface area (Å²) in [5.41, 5.74) is 4.81. The Morgan fingerprint density at radius 1 is 1.40 bits per heavy atom. The fourth-order valence-corrected chi connectivity index (χ4v) is 1.72. The Morgan fingerprint density at radius 2 is 2.15 bits per heavy atom. The van der Waals surface area contributed by atoms with E-state index in [0.717, 1.165) is 11.3 Å². The van der Waals surface area contributed by atoms with E-state index in [4.69, 9.17) is 4.74 Å². The number of nitrogens with zero attached hydrogens (tertiary/aromatic N) is 1. The van der Waals surface area contributed by atoms with E-state index in [1.165, 1.54) is 6.08 Å². The van der Waals surface area contributed by atoms with Crippen LogP contribution in [0.3, 0.4) is 0 Å². The van der Waals surface area contributed by atoms with Gasteiger partial charge in [-0.05, 0) is 17.7 Å². The zero-order valence-corrected chi connectivity index (χ0v) is 10.9. The van der Waals surface area contributed by atoms with Crippen LogP contribution in [0.25, 0.3) is 0 Å². The average Bonchev–Trinajstić information content (AvgIpc) is 2.47. The van der Waals surface area contributed by atoms with E-state index in [-0.39, 0.29) is 12.5 Å². The van der Waals surface area contributed by atoms with Gasteiger partial charge in [0, 0.05) is 18.5 Å². The van der Waals surface area contributed by atoms with Crippen molar-refractivity contribution in [3.8, 4) is 0 Å². The molecule has 2 rings (SSSR count). The summed E-state index contributed by atoms with van der Waals surface area (Å²) in [6.45, 7) is 3.63. The van der Waals surface area contributed by atoms with Gasteiger partial charge in [-0.3, -0.25) is 10.1 Å². The zero-order valence-electron chi connectivity index (χ0n) is 10.9. The van der Waals surface area contributed by atoms with Crippen molar-refractivity contribution in [2.75, 3.05) is 11.9 Å². The van der Waals surface area contributed by atoms with Gasteiger partial charge in [0.2, 0.25) is 5.91 Å². The molecule has 0 atom stereocenters. The summed E-state index contributed by atoms with van der Waals surface area (Å²) in [7, 11) is 0. The van der Waals surface area contributed by atoms with Gasteiger partial charge in [-0.2, -0.15) is 5.10 Å². The van der Waals surface area contributed by atoms with Gasteiger partial charge in [0.25, 0.3) is 0 Å². The Hall–Kier alpha value is -2.63. The number of hydrazone groups is 1. The van der Waals surface area contributed by atoms with E-state index in [1.807, 2.05) is 12.1 Å². The molecule has 20 heavy (non-hydrogen) atoms. The molecular formula is C14H15N3O3. The van der Waals surface area contributed by atoms with Crippen LogP contribution in [0.1, 0.15) is 18.4 Å². The minimum Gasteiger partial charge on any atom is -0.445 e. The van der Waals surface area contributed by atoms with Crippen molar-refractivity contribution in [3.05, 3.63) is 42.5 Å². The smallest absolute Gasteiger partial charge is 0.411 e. The first kappa shape index (κ1) is 13.8. The van der Waals surface area contributed by atoms with E-state index >= 15 is 0 Å². The Kier molecular flexibility index (Phi) is 4.49. The number of carbonyl (C=O) groups excluding carboxylic acids is 2. The third-order valence-electron chi connectivity index (χ3n) is 2.70. The van der Waals surface area contributed by atoms with Crippen molar-refractivity contribution in [3.63, 3.8) is 0 Å². The molecule has 0 bridgehead atoms. The number of carbonyl (C=O) groups is 2. The normalized spacial score (nSPS) is 14.0. The van der Waals surface area contributed by atoms with Crippen LogP contribution >= 0.6 is 0 Å². The van der Waals surface area contributed by atoms with Gasteiger partial charge >= 0.3 is 6.09 Å². The number of benzene rings is 1. The standard InChI is InChI=1S/C14H15N3O3/c1-2-9-20-14(19)15-11-5-3-10(4-6-11)12-7-8-13(18)17-16-12/h2-6H,1,7-9H2,(H,15,19)(H,17,18). The Labute approximate surface area is 116 Å². The molecule has 0 saturated heterocycles. The lowest BCUT2D eigenvalue weighted by Gasteiger charge is -2.12. The van der Waals surface area contributed by atoms with Gasteiger partial charge in [0.05, 0.1) is 5.71 Å². The van der Waals surface area contributed by atoms with Gasteiger partial charge < -0.3 is 4.74 Å². The monoisotopic (exact) mass is 273 g/mol. The summed E-state index contributed by atoms with van der Waals surface area (Å²) in [5.74, 6) is -0.0722. The molecule has 0 fully saturated rings. The predicted octanol–water partition coefficient (Wildman–Crippen LogP) is 2.04. The van der Waals surface area contributed by atoms with Crippen LogP contribution in [-0.2, 0) is 9.53 Å². The van der Waals surface area contributed by atoms with Crippen LogP contribution < -0.4 is 10.7 Å². The summed E-state index contributed by atoms with van der Waals surface area (Å²) in [6, 6.07) is 7.17. The van der Waals surface area contributed by atoms with Crippen LogP contribution in [0.15, 0.2) is 42.0 Å². The molecule has 1 aromatic carbocycles. The molecule has 2 N–H and O–H groups in total. The number of hydrogen-bond acceptors (Lipinski definition) is 4. The third kappa shape index (κ3) is 3.68. The van der Waals surface area contributed by atoms with E-state index in [9.17, 15) is 9.59 Å². The van der Waals surface area contributed by atoms with E-state index in [1.54, 1.807) is 12.1 Å². The van der Waals surface area contributed by atoms with Crippen LogP contribution in [0, 0.1) is 0 Å². The largest absolute Gasteiger partial charge is 0.445 e. The van der Waals surface area contributed by atoms with Gasteiger partial charge in [-0.25, -0.2) is 10.2 Å². The molecule has 0 unspecified atom stereocenters. The fourth-order valence-electron chi connectivity index (χ4n) is 1.72. The van der Waals surface area contributed by atoms with Crippen molar-refractivity contribution in [1.29, 1.82) is 0 Å². The van der Waals surface area contributed by atoms with E-state index in [2.05, 4.69) is 22.4 Å². The maximum absolute atomic E-state index is 11.3. The van der Waals surface area contributed by atoms with Crippen molar-refractivity contribution in [1.82, 2.24) is 5.43 Å². The Morgan fingerprint density at radius 3 is 2.75 bits per heavy atom. The van der Waals surface area contributed by atoms with Gasteiger partial charge in [-0.15, -0.1) is 0 Å². The predicted molar refractivity (Wildman–Crippen MR) is 75.5 cm³/mol. The molecule has 0 saturated carbocycles. The van der Waals surface area contributed by atoms with Crippen molar-refractivity contribution in [2.24, 2.45) is 5.10 Å². The van der Waals surface area contributed by atoms with Crippen molar-refractivity contribution < 1.29 is 14.3 Å². The van der Waals surface area contributed by atoms with Crippen LogP contribution in [0.5, 0.6) is 0 Å². The van der Waals surface area contributed by atoms with Gasteiger partial charge in [0.1, 0.15) is 6.61 Å². The van der Waals surface area contributed by atoms with Crippen LogP contribution in [-0.4, -0.2) is 24.3 Å². The molecule has 2 amide bonds. The zero-order chi connectivity index (χ0) is 14.4. The minimum atomic E-state index is -0.528. The lowest BCUT2D eigenvalue weighted by Crippen LogP contribution is -2.25. The average molecular weight is 273 g/mol. The highest BCUT2D eigenvalue weighted by molar-refractivity contribution is 6.04. The van der Waals surface area contributed by atoms with Crippen LogP contribution in [0.2, 0.25) is 0 Å². The molecule has 6 nitrogen and oxygen atoms in total. The molecule has 6 heteroatoms. The summed E-state index contributed by atoms with van der Waals surface area (Å²) >= 11 is 0. The highest BCUT2D eigenvalue weighted by atomic mass is 16.5. The van der Waals surface area contributed by atoms with Crippen molar-refractivity contribution in [2.45, 2.75) is 12.8 Å². The van der Waals surface area contributed by atoms with Crippen molar-refractivity contribution >= 4 is 23.4 Å². The highest BCUT2D eigenvalue weighted by Crippen LogP contribution is 2.14. The maximum atomic E-state index is 11.3. The SMILES string of the molecule is C=CCOC(=O)Nc1ccc(C2=NNC(=O)CC2)cc1. The maximum Gasteiger partial charge on any atom is 0.411 e. The molecular weight excluding hydrogens is 258 g/mol. The van der Waals surface area contributed by atoms with Crippen LogP contribution in [0.4, 0.5) is 10.5 Å². The summed E-state index contributed by atoms with van der Waals surface area (Å²) in [5, 5.41) is 6.60. The Bertz CT molecular complexity index is 549. The van der Waals surface area contributed by atoms with Gasteiger partial charge in [0.15, 0.2) is 0 Å². The fraction of sp³-hybridized carbons (Fsp3) is 0.214. The topological polar surface area (TPSA) is 79.8 Å². The second kappa shape index (κ2) is 6.51. The molecule has 0 aromatic heterocycles. The summed E-state index contributed by atoms with van der Waals surface area (Å²) < 4.78 is 4.81. The first-order chi connectivity index (χ1) is 9.69. The minimum absolute atomic E-state index is 0.0722. The first-order valence-corrected chi connectivity index (χ1v) is 6.19. The number of amides is 2. The molecule has 0 radical (unpaired) electrons. The molecule has 1 aromatic rings. The molecule has 1 aliphatic heterocycles. The molecule has 104 valence electrons. The lowest BCUT2D eigenvalue weighted by atomic mass is 10.0. The first-order valence-electron chi connectivity index (χ1n) is 6.19. The number of ether oxygens (including phenoxy) is 1. The molecule has 1 aliphatic rings. The quantitative estimate of drug-likeness (QED) is 0.824. The number of anilines is 1. The molecule has 0 spiro atoms. The second-order valence-electron chi connectivity index (χ2n) is 4.18. The number of rotatable bonds is 4. The highest BCUT2D eigenvalue weighted by Gasteiger charge is 2.13.